The molecule has 1 aliphatic carbocycles. The van der Waals surface area contributed by atoms with Crippen LogP contribution in [0.2, 0.25) is 0 Å². The van der Waals surface area contributed by atoms with E-state index >= 15 is 0 Å². The summed E-state index contributed by atoms with van der Waals surface area (Å²) in [7, 11) is 0. The molecule has 2 heterocycles. The maximum Gasteiger partial charge on any atom is 0.318 e. The second-order valence-electron chi connectivity index (χ2n) is 7.93. The van der Waals surface area contributed by atoms with Crippen molar-refractivity contribution in [3.8, 4) is 11.5 Å². The molecule has 0 aromatic heterocycles. The highest BCUT2D eigenvalue weighted by Crippen LogP contribution is 2.37. The monoisotopic (exact) mass is 435 g/mol. The molecule has 1 aromatic carbocycles. The largest absolute Gasteiger partial charge is 0.454 e. The van der Waals surface area contributed by atoms with E-state index in [1.54, 1.807) is 0 Å². The molecule has 0 spiro atoms. The molecule has 3 atom stereocenters. The number of aliphatic hydroxyl groups is 1. The van der Waals surface area contributed by atoms with Crippen LogP contribution in [0.15, 0.2) is 18.2 Å². The molecule has 3 aliphatic rings. The highest BCUT2D eigenvalue weighted by molar-refractivity contribution is 8.00. The third-order valence-corrected chi connectivity index (χ3v) is 7.23. The van der Waals surface area contributed by atoms with E-state index in [1.807, 2.05) is 23.1 Å². The number of amides is 3. The zero-order valence-corrected chi connectivity index (χ0v) is 17.8. The molecule has 0 radical (unpaired) electrons. The van der Waals surface area contributed by atoms with Gasteiger partial charge in [0.1, 0.15) is 0 Å². The molecule has 3 unspecified atom stereocenters. The number of nitrogens with one attached hydrogen (secondary N) is 2. The van der Waals surface area contributed by atoms with Gasteiger partial charge in [0.05, 0.1) is 11.1 Å². The van der Waals surface area contributed by atoms with Crippen molar-refractivity contribution in [2.24, 2.45) is 5.92 Å². The Morgan fingerprint density at radius 3 is 2.97 bits per heavy atom. The van der Waals surface area contributed by atoms with Gasteiger partial charge in [-0.05, 0) is 37.0 Å². The average Bonchev–Trinajstić information content (AvgIpc) is 3.23. The number of carbonyl (C=O) groups is 2. The van der Waals surface area contributed by atoms with E-state index < -0.39 is 0 Å². The number of benzene rings is 1. The molecule has 1 saturated heterocycles. The van der Waals surface area contributed by atoms with Crippen molar-refractivity contribution in [2.45, 2.75) is 50.1 Å². The number of rotatable bonds is 8. The number of hydrogen-bond donors (Lipinski definition) is 3. The second-order valence-corrected chi connectivity index (χ2v) is 9.06. The summed E-state index contributed by atoms with van der Waals surface area (Å²) in [6.45, 7) is 1.32. The minimum Gasteiger partial charge on any atom is -0.454 e. The zero-order chi connectivity index (χ0) is 20.9. The van der Waals surface area contributed by atoms with Crippen molar-refractivity contribution in [3.63, 3.8) is 0 Å². The summed E-state index contributed by atoms with van der Waals surface area (Å²) in [5, 5.41) is 15.1. The molecule has 0 bridgehead atoms. The number of carbonyl (C=O) groups excluding carboxylic acids is 2. The number of nitrogens with zero attached hydrogens (tertiary/aromatic N) is 1. The van der Waals surface area contributed by atoms with E-state index in [1.165, 1.54) is 11.8 Å². The quantitative estimate of drug-likeness (QED) is 0.578. The van der Waals surface area contributed by atoms with Crippen LogP contribution in [-0.4, -0.2) is 59.1 Å². The number of urea groups is 1. The topological polar surface area (TPSA) is 100 Å². The van der Waals surface area contributed by atoms with Gasteiger partial charge in [0.25, 0.3) is 0 Å². The normalized spacial score (nSPS) is 24.9. The van der Waals surface area contributed by atoms with Gasteiger partial charge in [0.2, 0.25) is 12.7 Å². The van der Waals surface area contributed by atoms with Gasteiger partial charge in [0, 0.05) is 31.7 Å². The van der Waals surface area contributed by atoms with E-state index in [9.17, 15) is 9.59 Å². The molecule has 30 heavy (non-hydrogen) atoms. The van der Waals surface area contributed by atoms with Crippen LogP contribution in [0.5, 0.6) is 11.5 Å². The number of thioether (sulfide) groups is 1. The van der Waals surface area contributed by atoms with E-state index in [-0.39, 0.29) is 36.8 Å². The van der Waals surface area contributed by atoms with Crippen LogP contribution in [0.4, 0.5) is 4.79 Å². The maximum absolute atomic E-state index is 12.6. The number of ether oxygens (including phenoxy) is 2. The number of aliphatic hydroxyl groups excluding tert-OH is 1. The third-order valence-electron chi connectivity index (χ3n) is 5.98. The zero-order valence-electron chi connectivity index (χ0n) is 17.0. The molecule has 8 nitrogen and oxygen atoms in total. The van der Waals surface area contributed by atoms with Gasteiger partial charge in [-0.3, -0.25) is 4.79 Å². The Morgan fingerprint density at radius 2 is 2.10 bits per heavy atom. The van der Waals surface area contributed by atoms with Gasteiger partial charge in [-0.1, -0.05) is 18.9 Å². The lowest BCUT2D eigenvalue weighted by Crippen LogP contribution is -2.62. The molecular formula is C21H29N3O5S. The second kappa shape index (κ2) is 9.78. The molecule has 3 amide bonds. The molecule has 1 aromatic rings. The predicted molar refractivity (Wildman–Crippen MR) is 113 cm³/mol. The van der Waals surface area contributed by atoms with Crippen molar-refractivity contribution in [3.05, 3.63) is 23.8 Å². The smallest absolute Gasteiger partial charge is 0.318 e. The van der Waals surface area contributed by atoms with E-state index in [0.717, 1.165) is 37.0 Å². The van der Waals surface area contributed by atoms with E-state index in [4.69, 9.17) is 14.6 Å². The summed E-state index contributed by atoms with van der Waals surface area (Å²) in [5.41, 5.74) is 0.954. The van der Waals surface area contributed by atoms with E-state index in [0.29, 0.717) is 36.9 Å². The third kappa shape index (κ3) is 4.78. The Kier molecular flexibility index (Phi) is 6.89. The molecule has 2 aliphatic heterocycles. The first-order valence-corrected chi connectivity index (χ1v) is 11.7. The summed E-state index contributed by atoms with van der Waals surface area (Å²) >= 11 is 1.51. The van der Waals surface area contributed by atoms with Crippen LogP contribution < -0.4 is 20.1 Å². The van der Waals surface area contributed by atoms with Crippen molar-refractivity contribution in [2.75, 3.05) is 25.7 Å². The molecule has 4 rings (SSSR count). The fourth-order valence-corrected chi connectivity index (χ4v) is 5.67. The summed E-state index contributed by atoms with van der Waals surface area (Å²) in [4.78, 5) is 26.9. The molecule has 1 saturated carbocycles. The van der Waals surface area contributed by atoms with Crippen molar-refractivity contribution in [1.82, 2.24) is 15.5 Å². The summed E-state index contributed by atoms with van der Waals surface area (Å²) in [6.07, 6.45) is 4.92. The van der Waals surface area contributed by atoms with Crippen LogP contribution in [0.1, 0.15) is 37.7 Å². The van der Waals surface area contributed by atoms with Crippen LogP contribution >= 0.6 is 11.8 Å². The lowest BCUT2D eigenvalue weighted by Gasteiger charge is -2.48. The summed E-state index contributed by atoms with van der Waals surface area (Å²) in [6, 6.07) is 5.76. The fraction of sp³-hybridized carbons (Fsp3) is 0.619. The van der Waals surface area contributed by atoms with Gasteiger partial charge in [-0.2, -0.15) is 0 Å². The molecular weight excluding hydrogens is 406 g/mol. The van der Waals surface area contributed by atoms with Gasteiger partial charge in [0.15, 0.2) is 11.5 Å². The SMILES string of the molecule is O=C(CSC1NC(=O)N(CCCO)C2CCCCC12)NCc1ccc2c(c1)OCO2. The Labute approximate surface area is 180 Å². The van der Waals surface area contributed by atoms with Crippen LogP contribution in [0.25, 0.3) is 0 Å². The first-order chi connectivity index (χ1) is 14.7. The standard InChI is InChI=1S/C21H29N3O5S/c25-9-3-8-24-16-5-2-1-4-15(16)20(23-21(24)27)30-12-19(26)22-11-14-6-7-17-18(10-14)29-13-28-17/h6-7,10,15-16,20,25H,1-5,8-9,11-13H2,(H,22,26)(H,23,27). The molecule has 3 N–H and O–H groups in total. The van der Waals surface area contributed by atoms with Gasteiger partial charge >= 0.3 is 6.03 Å². The Hall–Kier alpha value is -2.13. The lowest BCUT2D eigenvalue weighted by atomic mass is 9.82. The van der Waals surface area contributed by atoms with E-state index in [2.05, 4.69) is 10.6 Å². The predicted octanol–water partition coefficient (Wildman–Crippen LogP) is 2.06. The van der Waals surface area contributed by atoms with Crippen molar-refractivity contribution < 1.29 is 24.2 Å². The highest BCUT2D eigenvalue weighted by atomic mass is 32.2. The molecule has 2 fully saturated rings. The molecule has 9 heteroatoms. The lowest BCUT2D eigenvalue weighted by molar-refractivity contribution is -0.118. The first kappa shape index (κ1) is 21.1. The summed E-state index contributed by atoms with van der Waals surface area (Å²) < 4.78 is 10.7. The first-order valence-electron chi connectivity index (χ1n) is 10.6. The van der Waals surface area contributed by atoms with Gasteiger partial charge < -0.3 is 30.1 Å². The van der Waals surface area contributed by atoms with Gasteiger partial charge in [-0.15, -0.1) is 11.8 Å². The number of fused-ring (bicyclic) bond motifs is 2. The Morgan fingerprint density at radius 1 is 1.27 bits per heavy atom. The van der Waals surface area contributed by atoms with Crippen LogP contribution in [0, 0.1) is 5.92 Å². The highest BCUT2D eigenvalue weighted by Gasteiger charge is 2.42. The van der Waals surface area contributed by atoms with Crippen LogP contribution in [-0.2, 0) is 11.3 Å². The minimum atomic E-state index is -0.0788. The Bertz CT molecular complexity index is 777. The van der Waals surface area contributed by atoms with Gasteiger partial charge in [-0.25, -0.2) is 4.79 Å². The maximum atomic E-state index is 12.6. The van der Waals surface area contributed by atoms with Crippen molar-refractivity contribution >= 4 is 23.7 Å². The fourth-order valence-electron chi connectivity index (χ4n) is 4.48. The number of hydrogen-bond acceptors (Lipinski definition) is 6. The molecule has 164 valence electrons. The van der Waals surface area contributed by atoms with Crippen molar-refractivity contribution in [1.29, 1.82) is 0 Å². The average molecular weight is 436 g/mol. The van der Waals surface area contributed by atoms with Crippen LogP contribution in [0.3, 0.4) is 0 Å². The minimum absolute atomic E-state index is 0.0514. The Balaban J connectivity index is 1.28. The summed E-state index contributed by atoms with van der Waals surface area (Å²) in [5.74, 6) is 2.01.